The van der Waals surface area contributed by atoms with Crippen molar-refractivity contribution >= 4 is 35.1 Å². The van der Waals surface area contributed by atoms with E-state index < -0.39 is 12.1 Å². The van der Waals surface area contributed by atoms with Gasteiger partial charge in [-0.2, -0.15) is 0 Å². The molecule has 1 fully saturated rings. The number of carbonyl (C=O) groups excluding carboxylic acids is 3. The first-order valence-corrected chi connectivity index (χ1v) is 9.47. The Bertz CT molecular complexity index is 898. The summed E-state index contributed by atoms with van der Waals surface area (Å²) in [4.78, 5) is 39.9. The third kappa shape index (κ3) is 4.34. The number of benzene rings is 2. The molecule has 1 N–H and O–H groups in total. The number of amides is 4. The second kappa shape index (κ2) is 8.44. The Kier molecular flexibility index (Phi) is 5.99. The van der Waals surface area contributed by atoms with Crippen LogP contribution in [0.5, 0.6) is 0 Å². The van der Waals surface area contributed by atoms with Crippen LogP contribution in [0.1, 0.15) is 18.1 Å². The molecule has 2 aromatic carbocycles. The predicted octanol–water partition coefficient (Wildman–Crippen LogP) is 3.16. The van der Waals surface area contributed by atoms with Gasteiger partial charge < -0.3 is 5.32 Å². The number of hydrogen-bond donors (Lipinski definition) is 1. The van der Waals surface area contributed by atoms with E-state index in [1.54, 1.807) is 25.1 Å². The fourth-order valence-electron chi connectivity index (χ4n) is 3.15. The molecule has 146 valence electrons. The van der Waals surface area contributed by atoms with E-state index in [4.69, 9.17) is 11.6 Å². The molecule has 1 aliphatic rings. The number of rotatable bonds is 6. The van der Waals surface area contributed by atoms with Crippen LogP contribution in [0.2, 0.25) is 5.02 Å². The molecule has 6 nitrogen and oxygen atoms in total. The fourth-order valence-corrected chi connectivity index (χ4v) is 3.36. The third-order valence-electron chi connectivity index (χ3n) is 4.69. The van der Waals surface area contributed by atoms with Gasteiger partial charge >= 0.3 is 6.03 Å². The van der Waals surface area contributed by atoms with Crippen molar-refractivity contribution in [2.45, 2.75) is 26.3 Å². The molecule has 0 radical (unpaired) electrons. The highest BCUT2D eigenvalue weighted by Gasteiger charge is 2.43. The molecule has 28 heavy (non-hydrogen) atoms. The topological polar surface area (TPSA) is 69.7 Å². The summed E-state index contributed by atoms with van der Waals surface area (Å²) in [5, 5.41) is 3.39. The van der Waals surface area contributed by atoms with Gasteiger partial charge in [0.25, 0.3) is 5.91 Å². The normalized spacial score (nSPS) is 16.6. The Morgan fingerprint density at radius 1 is 1.14 bits per heavy atom. The number of carbonyl (C=O) groups is 3. The van der Waals surface area contributed by atoms with Crippen molar-refractivity contribution in [3.63, 3.8) is 0 Å². The molecule has 4 amide bonds. The van der Waals surface area contributed by atoms with Crippen LogP contribution in [0.15, 0.2) is 48.5 Å². The van der Waals surface area contributed by atoms with Gasteiger partial charge in [-0.25, -0.2) is 4.79 Å². The van der Waals surface area contributed by atoms with Gasteiger partial charge in [0, 0.05) is 17.3 Å². The van der Waals surface area contributed by atoms with Crippen molar-refractivity contribution in [2.75, 3.05) is 18.0 Å². The molecule has 3 rings (SSSR count). The Morgan fingerprint density at radius 2 is 1.86 bits per heavy atom. The highest BCUT2D eigenvalue weighted by atomic mass is 35.5. The molecule has 0 aromatic heterocycles. The van der Waals surface area contributed by atoms with Crippen molar-refractivity contribution in [3.05, 3.63) is 64.7 Å². The minimum absolute atomic E-state index is 0.292. The summed E-state index contributed by atoms with van der Waals surface area (Å²) < 4.78 is 0. The first-order valence-electron chi connectivity index (χ1n) is 9.09. The molecule has 1 atom stereocenters. The number of urea groups is 1. The Labute approximate surface area is 169 Å². The second-order valence-corrected chi connectivity index (χ2v) is 7.25. The molecule has 2 aromatic rings. The van der Waals surface area contributed by atoms with Crippen molar-refractivity contribution in [3.8, 4) is 0 Å². The maximum absolute atomic E-state index is 12.7. The van der Waals surface area contributed by atoms with E-state index in [-0.39, 0.29) is 18.4 Å². The Morgan fingerprint density at radius 3 is 2.54 bits per heavy atom. The van der Waals surface area contributed by atoms with Crippen molar-refractivity contribution in [1.29, 1.82) is 0 Å². The van der Waals surface area contributed by atoms with E-state index in [0.29, 0.717) is 23.7 Å². The summed E-state index contributed by atoms with van der Waals surface area (Å²) in [5.41, 5.74) is 2.70. The monoisotopic (exact) mass is 399 g/mol. The van der Waals surface area contributed by atoms with Gasteiger partial charge in [-0.15, -0.1) is 0 Å². The maximum Gasteiger partial charge on any atom is 0.332 e. The molecule has 0 unspecified atom stereocenters. The zero-order valence-electron chi connectivity index (χ0n) is 15.8. The smallest absolute Gasteiger partial charge is 0.332 e. The highest BCUT2D eigenvalue weighted by Crippen LogP contribution is 2.25. The molecule has 7 heteroatoms. The highest BCUT2D eigenvalue weighted by molar-refractivity contribution is 6.30. The average molecular weight is 400 g/mol. The van der Waals surface area contributed by atoms with Gasteiger partial charge in [0.2, 0.25) is 5.91 Å². The number of nitrogens with zero attached hydrogens (tertiary/aromatic N) is 2. The van der Waals surface area contributed by atoms with Gasteiger partial charge in [-0.3, -0.25) is 19.4 Å². The Balaban J connectivity index is 1.58. The average Bonchev–Trinajstić information content (AvgIpc) is 2.86. The van der Waals surface area contributed by atoms with Gasteiger partial charge in [-0.05, 0) is 50.1 Å². The molecule has 1 saturated heterocycles. The van der Waals surface area contributed by atoms with Gasteiger partial charge in [0.05, 0.1) is 0 Å². The van der Waals surface area contributed by atoms with E-state index in [0.717, 1.165) is 16.0 Å². The molecule has 0 saturated carbocycles. The van der Waals surface area contributed by atoms with Gasteiger partial charge in [0.15, 0.2) is 0 Å². The summed E-state index contributed by atoms with van der Waals surface area (Å²) >= 11 is 5.94. The van der Waals surface area contributed by atoms with Gasteiger partial charge in [0.1, 0.15) is 12.6 Å². The fraction of sp³-hybridized carbons (Fsp3) is 0.286. The lowest BCUT2D eigenvalue weighted by atomic mass is 10.1. The minimum atomic E-state index is -0.644. The lowest BCUT2D eigenvalue weighted by molar-refractivity contribution is -0.131. The van der Waals surface area contributed by atoms with Crippen molar-refractivity contribution in [1.82, 2.24) is 10.2 Å². The molecule has 1 aliphatic heterocycles. The molecule has 0 aliphatic carbocycles. The standard InChI is InChI=1S/C21H22ClN3O3/c1-14-6-8-18(9-7-14)25-15(2)20(27)24(21(25)28)13-19(26)23-11-10-16-4-3-5-17(22)12-16/h3-9,12,15H,10-11,13H2,1-2H3,(H,23,26)/t15-/m0/s1. The number of hydrogen-bond acceptors (Lipinski definition) is 3. The van der Waals surface area contributed by atoms with E-state index >= 15 is 0 Å². The van der Waals surface area contributed by atoms with E-state index in [2.05, 4.69) is 5.32 Å². The van der Waals surface area contributed by atoms with Crippen LogP contribution in [0.3, 0.4) is 0 Å². The zero-order valence-corrected chi connectivity index (χ0v) is 16.6. The quantitative estimate of drug-likeness (QED) is 0.758. The van der Waals surface area contributed by atoms with Crippen LogP contribution in [-0.2, 0) is 16.0 Å². The van der Waals surface area contributed by atoms with Crippen LogP contribution in [0.4, 0.5) is 10.5 Å². The summed E-state index contributed by atoms with van der Waals surface area (Å²) in [6.45, 7) is 3.72. The van der Waals surface area contributed by atoms with Gasteiger partial charge in [-0.1, -0.05) is 41.4 Å². The summed E-state index contributed by atoms with van der Waals surface area (Å²) in [7, 11) is 0. The lowest BCUT2D eigenvalue weighted by Gasteiger charge is -2.19. The van der Waals surface area contributed by atoms with E-state index in [1.165, 1.54) is 4.90 Å². The first kappa shape index (κ1) is 19.9. The molecular weight excluding hydrogens is 378 g/mol. The number of anilines is 1. The van der Waals surface area contributed by atoms with Crippen molar-refractivity contribution < 1.29 is 14.4 Å². The Hall–Kier alpha value is -2.86. The van der Waals surface area contributed by atoms with E-state index in [1.807, 2.05) is 37.3 Å². The first-order chi connectivity index (χ1) is 13.4. The minimum Gasteiger partial charge on any atom is -0.354 e. The zero-order chi connectivity index (χ0) is 20.3. The number of halogens is 1. The van der Waals surface area contributed by atoms with Crippen LogP contribution >= 0.6 is 11.6 Å². The number of imide groups is 1. The third-order valence-corrected chi connectivity index (χ3v) is 4.92. The molecule has 0 bridgehead atoms. The molecule has 1 heterocycles. The molecular formula is C21H22ClN3O3. The predicted molar refractivity (Wildman–Crippen MR) is 108 cm³/mol. The summed E-state index contributed by atoms with van der Waals surface area (Å²) in [6.07, 6.45) is 0.611. The largest absolute Gasteiger partial charge is 0.354 e. The maximum atomic E-state index is 12.7. The van der Waals surface area contributed by atoms with Crippen LogP contribution in [0, 0.1) is 6.92 Å². The SMILES string of the molecule is Cc1ccc(N2C(=O)N(CC(=O)NCCc3cccc(Cl)c3)C(=O)[C@@H]2C)cc1. The number of aryl methyl sites for hydroxylation is 1. The van der Waals surface area contributed by atoms with Crippen LogP contribution in [0.25, 0.3) is 0 Å². The number of nitrogens with one attached hydrogen (secondary N) is 1. The summed E-state index contributed by atoms with van der Waals surface area (Å²) in [6, 6.07) is 13.6. The summed E-state index contributed by atoms with van der Waals surface area (Å²) in [5.74, 6) is -0.753. The van der Waals surface area contributed by atoms with Crippen LogP contribution < -0.4 is 10.2 Å². The van der Waals surface area contributed by atoms with E-state index in [9.17, 15) is 14.4 Å². The van der Waals surface area contributed by atoms with Crippen LogP contribution in [-0.4, -0.2) is 41.9 Å². The molecule has 0 spiro atoms. The second-order valence-electron chi connectivity index (χ2n) is 6.82. The van der Waals surface area contributed by atoms with Crippen molar-refractivity contribution in [2.24, 2.45) is 0 Å². The lowest BCUT2D eigenvalue weighted by Crippen LogP contribution is -2.42.